The maximum Gasteiger partial charge on any atom is 0.0581 e. The SMILES string of the molecule is CCCOCCS(=O)CC(C)N. The standard InChI is InChI=1S/C8H19NO2S/c1-3-4-11-5-6-12(10)7-8(2)9/h8H,3-7,9H2,1-2H3. The Hall–Kier alpha value is 0.0700. The highest BCUT2D eigenvalue weighted by Gasteiger charge is 2.02. The summed E-state index contributed by atoms with van der Waals surface area (Å²) in [6, 6.07) is 0.0250. The van der Waals surface area contributed by atoms with Crippen LogP contribution < -0.4 is 5.73 Å². The summed E-state index contributed by atoms with van der Waals surface area (Å²) in [5.41, 5.74) is 5.49. The third-order valence-corrected chi connectivity index (χ3v) is 2.77. The molecule has 0 amide bonds. The molecule has 0 rings (SSSR count). The van der Waals surface area contributed by atoms with Gasteiger partial charge in [0.1, 0.15) is 0 Å². The van der Waals surface area contributed by atoms with Crippen LogP contribution in [0.2, 0.25) is 0 Å². The van der Waals surface area contributed by atoms with Gasteiger partial charge in [-0.15, -0.1) is 0 Å². The fraction of sp³-hybridized carbons (Fsp3) is 1.00. The van der Waals surface area contributed by atoms with Crippen LogP contribution >= 0.6 is 0 Å². The Morgan fingerprint density at radius 2 is 2.17 bits per heavy atom. The molecule has 0 saturated carbocycles. The molecule has 0 aliphatic carbocycles. The van der Waals surface area contributed by atoms with Crippen molar-refractivity contribution in [3.63, 3.8) is 0 Å². The van der Waals surface area contributed by atoms with Crippen molar-refractivity contribution in [1.82, 2.24) is 0 Å². The Morgan fingerprint density at radius 1 is 1.50 bits per heavy atom. The molecular weight excluding hydrogens is 174 g/mol. The second-order valence-electron chi connectivity index (χ2n) is 2.90. The van der Waals surface area contributed by atoms with Crippen LogP contribution in [-0.2, 0) is 15.5 Å². The van der Waals surface area contributed by atoms with E-state index in [1.165, 1.54) is 0 Å². The van der Waals surface area contributed by atoms with Crippen LogP contribution in [0.15, 0.2) is 0 Å². The monoisotopic (exact) mass is 193 g/mol. The summed E-state index contributed by atoms with van der Waals surface area (Å²) in [4.78, 5) is 0. The molecular formula is C8H19NO2S. The summed E-state index contributed by atoms with van der Waals surface area (Å²) in [7, 11) is -0.804. The molecule has 0 aromatic heterocycles. The smallest absolute Gasteiger partial charge is 0.0581 e. The van der Waals surface area contributed by atoms with Crippen molar-refractivity contribution in [2.24, 2.45) is 5.73 Å². The van der Waals surface area contributed by atoms with Gasteiger partial charge >= 0.3 is 0 Å². The van der Waals surface area contributed by atoms with Gasteiger partial charge in [-0.25, -0.2) is 0 Å². The summed E-state index contributed by atoms with van der Waals surface area (Å²) in [6.07, 6.45) is 1.01. The van der Waals surface area contributed by atoms with E-state index < -0.39 is 10.8 Å². The average molecular weight is 193 g/mol. The second kappa shape index (κ2) is 7.71. The van der Waals surface area contributed by atoms with Gasteiger partial charge in [0.25, 0.3) is 0 Å². The number of ether oxygens (including phenoxy) is 1. The zero-order chi connectivity index (χ0) is 9.40. The van der Waals surface area contributed by atoms with Crippen LogP contribution in [0, 0.1) is 0 Å². The van der Waals surface area contributed by atoms with Gasteiger partial charge in [-0.3, -0.25) is 4.21 Å². The molecule has 74 valence electrons. The second-order valence-corrected chi connectivity index (χ2v) is 4.52. The quantitative estimate of drug-likeness (QED) is 0.599. The zero-order valence-electron chi connectivity index (χ0n) is 7.91. The Kier molecular flexibility index (Phi) is 7.75. The van der Waals surface area contributed by atoms with Gasteiger partial charge in [-0.2, -0.15) is 0 Å². The minimum Gasteiger partial charge on any atom is -0.381 e. The molecule has 2 unspecified atom stereocenters. The van der Waals surface area contributed by atoms with Gasteiger partial charge < -0.3 is 10.5 Å². The molecule has 0 radical (unpaired) electrons. The molecule has 0 heterocycles. The highest BCUT2D eigenvalue weighted by atomic mass is 32.2. The molecule has 12 heavy (non-hydrogen) atoms. The molecule has 0 saturated heterocycles. The Balaban J connectivity index is 3.20. The van der Waals surface area contributed by atoms with Gasteiger partial charge in [-0.1, -0.05) is 6.92 Å². The van der Waals surface area contributed by atoms with Gasteiger partial charge in [0.2, 0.25) is 0 Å². The number of rotatable bonds is 7. The van der Waals surface area contributed by atoms with Crippen molar-refractivity contribution in [1.29, 1.82) is 0 Å². The molecule has 2 N–H and O–H groups in total. The lowest BCUT2D eigenvalue weighted by Gasteiger charge is -2.05. The highest BCUT2D eigenvalue weighted by Crippen LogP contribution is 1.88. The van der Waals surface area contributed by atoms with Crippen molar-refractivity contribution in [2.45, 2.75) is 26.3 Å². The van der Waals surface area contributed by atoms with Crippen molar-refractivity contribution in [3.05, 3.63) is 0 Å². The minimum absolute atomic E-state index is 0.0250. The van der Waals surface area contributed by atoms with E-state index in [1.807, 2.05) is 6.92 Å². The molecule has 0 spiro atoms. The van der Waals surface area contributed by atoms with Crippen molar-refractivity contribution >= 4 is 10.8 Å². The van der Waals surface area contributed by atoms with Gasteiger partial charge in [0.15, 0.2) is 0 Å². The summed E-state index contributed by atoms with van der Waals surface area (Å²) < 4.78 is 16.4. The van der Waals surface area contributed by atoms with Crippen LogP contribution in [0.3, 0.4) is 0 Å². The van der Waals surface area contributed by atoms with E-state index in [2.05, 4.69) is 6.92 Å². The first-order chi connectivity index (χ1) is 5.66. The predicted octanol–water partition coefficient (Wildman–Crippen LogP) is 0.509. The average Bonchev–Trinajstić information content (AvgIpc) is 1.97. The summed E-state index contributed by atoms with van der Waals surface area (Å²) >= 11 is 0. The molecule has 0 aliphatic rings. The molecule has 0 bridgehead atoms. The van der Waals surface area contributed by atoms with E-state index in [1.54, 1.807) is 0 Å². The predicted molar refractivity (Wildman–Crippen MR) is 52.6 cm³/mol. The van der Waals surface area contributed by atoms with Crippen LogP contribution in [0.4, 0.5) is 0 Å². The van der Waals surface area contributed by atoms with E-state index in [0.29, 0.717) is 18.1 Å². The number of hydrogen-bond donors (Lipinski definition) is 1. The fourth-order valence-corrected chi connectivity index (χ4v) is 1.83. The summed E-state index contributed by atoms with van der Waals surface area (Å²) in [5.74, 6) is 1.19. The molecule has 0 aliphatic heterocycles. The van der Waals surface area contributed by atoms with E-state index in [0.717, 1.165) is 13.0 Å². The molecule has 0 aromatic carbocycles. The topological polar surface area (TPSA) is 52.3 Å². The summed E-state index contributed by atoms with van der Waals surface area (Å²) in [6.45, 7) is 5.27. The lowest BCUT2D eigenvalue weighted by molar-refractivity contribution is 0.150. The lowest BCUT2D eigenvalue weighted by Crippen LogP contribution is -2.25. The third kappa shape index (κ3) is 8.17. The molecule has 3 nitrogen and oxygen atoms in total. The van der Waals surface area contributed by atoms with Gasteiger partial charge in [0.05, 0.1) is 6.61 Å². The maximum atomic E-state index is 11.2. The largest absolute Gasteiger partial charge is 0.381 e. The normalized spacial score (nSPS) is 15.9. The number of nitrogens with two attached hydrogens (primary N) is 1. The van der Waals surface area contributed by atoms with Crippen LogP contribution in [-0.4, -0.2) is 35.0 Å². The maximum absolute atomic E-state index is 11.2. The van der Waals surface area contributed by atoms with Crippen molar-refractivity contribution in [2.75, 3.05) is 24.7 Å². The Morgan fingerprint density at radius 3 is 2.67 bits per heavy atom. The van der Waals surface area contributed by atoms with E-state index in [-0.39, 0.29) is 6.04 Å². The minimum atomic E-state index is -0.804. The molecule has 2 atom stereocenters. The van der Waals surface area contributed by atoms with Crippen molar-refractivity contribution < 1.29 is 8.95 Å². The zero-order valence-corrected chi connectivity index (χ0v) is 8.73. The van der Waals surface area contributed by atoms with E-state index in [9.17, 15) is 4.21 Å². The summed E-state index contributed by atoms with van der Waals surface area (Å²) in [5, 5.41) is 0. The number of hydrogen-bond acceptors (Lipinski definition) is 3. The highest BCUT2D eigenvalue weighted by molar-refractivity contribution is 7.85. The lowest BCUT2D eigenvalue weighted by atomic mass is 10.4. The Bertz CT molecular complexity index is 128. The van der Waals surface area contributed by atoms with E-state index in [4.69, 9.17) is 10.5 Å². The first-order valence-corrected chi connectivity index (χ1v) is 5.84. The first-order valence-electron chi connectivity index (χ1n) is 4.35. The fourth-order valence-electron chi connectivity index (χ4n) is 0.775. The van der Waals surface area contributed by atoms with Crippen LogP contribution in [0.5, 0.6) is 0 Å². The Labute approximate surface area is 77.1 Å². The molecule has 4 heteroatoms. The van der Waals surface area contributed by atoms with E-state index >= 15 is 0 Å². The van der Waals surface area contributed by atoms with Gasteiger partial charge in [-0.05, 0) is 13.3 Å². The molecule has 0 fully saturated rings. The van der Waals surface area contributed by atoms with Crippen LogP contribution in [0.25, 0.3) is 0 Å². The third-order valence-electron chi connectivity index (χ3n) is 1.25. The first kappa shape index (κ1) is 12.1. The van der Waals surface area contributed by atoms with Crippen LogP contribution in [0.1, 0.15) is 20.3 Å². The molecule has 0 aromatic rings. The van der Waals surface area contributed by atoms with Gasteiger partial charge in [0, 0.05) is 35.0 Å². The van der Waals surface area contributed by atoms with Crippen molar-refractivity contribution in [3.8, 4) is 0 Å².